The predicted molar refractivity (Wildman–Crippen MR) is 97.1 cm³/mol. The van der Waals surface area contributed by atoms with E-state index in [4.69, 9.17) is 9.47 Å². The van der Waals surface area contributed by atoms with Gasteiger partial charge in [0.1, 0.15) is 0 Å². The smallest absolute Gasteiger partial charge is 0.338 e. The van der Waals surface area contributed by atoms with Gasteiger partial charge in [0.2, 0.25) is 0 Å². The normalized spacial score (nSPS) is 10.1. The molecule has 1 amide bonds. The monoisotopic (exact) mass is 355 g/mol. The van der Waals surface area contributed by atoms with Crippen molar-refractivity contribution in [3.8, 4) is 0 Å². The van der Waals surface area contributed by atoms with E-state index >= 15 is 0 Å². The van der Waals surface area contributed by atoms with Crippen LogP contribution in [0.1, 0.15) is 39.6 Å². The number of ether oxygens (including phenoxy) is 2. The summed E-state index contributed by atoms with van der Waals surface area (Å²) in [5.74, 6) is -1.43. The number of aryl methyl sites for hydroxylation is 1. The lowest BCUT2D eigenvalue weighted by Crippen LogP contribution is -2.21. The molecule has 0 spiro atoms. The third kappa shape index (κ3) is 5.73. The van der Waals surface area contributed by atoms with Crippen LogP contribution in [0, 0.1) is 6.92 Å². The zero-order valence-corrected chi connectivity index (χ0v) is 14.8. The Morgan fingerprint density at radius 3 is 1.96 bits per heavy atom. The Bertz CT molecular complexity index is 766. The van der Waals surface area contributed by atoms with E-state index in [-0.39, 0.29) is 0 Å². The first-order chi connectivity index (χ1) is 12.5. The molecule has 0 aliphatic carbocycles. The van der Waals surface area contributed by atoms with Gasteiger partial charge in [-0.3, -0.25) is 4.79 Å². The van der Waals surface area contributed by atoms with Gasteiger partial charge in [0, 0.05) is 5.69 Å². The highest BCUT2D eigenvalue weighted by atomic mass is 16.5. The topological polar surface area (TPSA) is 81.7 Å². The Hall–Kier alpha value is -3.15. The SMILES string of the molecule is CCCOC(=O)c1ccc(NC(=O)COC(=O)c2ccc(C)cc2)cc1. The van der Waals surface area contributed by atoms with Crippen LogP contribution in [0.15, 0.2) is 48.5 Å². The Morgan fingerprint density at radius 2 is 1.38 bits per heavy atom. The van der Waals surface area contributed by atoms with E-state index in [2.05, 4.69) is 5.32 Å². The van der Waals surface area contributed by atoms with Gasteiger partial charge in [0.15, 0.2) is 6.61 Å². The molecule has 0 aromatic heterocycles. The van der Waals surface area contributed by atoms with Crippen molar-refractivity contribution >= 4 is 23.5 Å². The summed E-state index contributed by atoms with van der Waals surface area (Å²) in [6, 6.07) is 13.2. The molecule has 0 bridgehead atoms. The van der Waals surface area contributed by atoms with Crippen LogP contribution in [0.25, 0.3) is 0 Å². The molecule has 0 saturated heterocycles. The minimum absolute atomic E-state index is 0.365. The van der Waals surface area contributed by atoms with Gasteiger partial charge < -0.3 is 14.8 Å². The lowest BCUT2D eigenvalue weighted by atomic mass is 10.1. The number of amides is 1. The maximum absolute atomic E-state index is 11.9. The maximum atomic E-state index is 11.9. The number of nitrogens with one attached hydrogen (secondary N) is 1. The molecule has 0 saturated carbocycles. The fourth-order valence-corrected chi connectivity index (χ4v) is 2.07. The van der Waals surface area contributed by atoms with Crippen molar-refractivity contribution in [3.63, 3.8) is 0 Å². The third-order valence-corrected chi connectivity index (χ3v) is 3.46. The second kappa shape index (κ2) is 9.36. The van der Waals surface area contributed by atoms with Crippen molar-refractivity contribution in [1.82, 2.24) is 0 Å². The molecular weight excluding hydrogens is 334 g/mol. The second-order valence-electron chi connectivity index (χ2n) is 5.70. The van der Waals surface area contributed by atoms with Crippen molar-refractivity contribution in [2.45, 2.75) is 20.3 Å². The highest BCUT2D eigenvalue weighted by molar-refractivity contribution is 5.96. The van der Waals surface area contributed by atoms with Crippen LogP contribution >= 0.6 is 0 Å². The molecule has 26 heavy (non-hydrogen) atoms. The molecule has 0 fully saturated rings. The van der Waals surface area contributed by atoms with Crippen LogP contribution in [-0.2, 0) is 14.3 Å². The van der Waals surface area contributed by atoms with E-state index < -0.39 is 24.5 Å². The highest BCUT2D eigenvalue weighted by Gasteiger charge is 2.11. The molecule has 136 valence electrons. The van der Waals surface area contributed by atoms with Crippen molar-refractivity contribution in [2.24, 2.45) is 0 Å². The number of carbonyl (C=O) groups is 3. The molecular formula is C20H21NO5. The molecule has 0 unspecified atom stereocenters. The predicted octanol–water partition coefficient (Wildman–Crippen LogP) is 3.36. The molecule has 0 atom stereocenters. The fraction of sp³-hybridized carbons (Fsp3) is 0.250. The van der Waals surface area contributed by atoms with Crippen LogP contribution in [-0.4, -0.2) is 31.1 Å². The first-order valence-corrected chi connectivity index (χ1v) is 8.30. The van der Waals surface area contributed by atoms with E-state index in [1.54, 1.807) is 48.5 Å². The number of hydrogen-bond donors (Lipinski definition) is 1. The van der Waals surface area contributed by atoms with Gasteiger partial charge in [0.25, 0.3) is 5.91 Å². The zero-order valence-electron chi connectivity index (χ0n) is 14.8. The largest absolute Gasteiger partial charge is 0.462 e. The van der Waals surface area contributed by atoms with E-state index in [0.29, 0.717) is 23.4 Å². The molecule has 0 heterocycles. The lowest BCUT2D eigenvalue weighted by Gasteiger charge is -2.08. The molecule has 2 aromatic carbocycles. The summed E-state index contributed by atoms with van der Waals surface area (Å²) in [7, 11) is 0. The van der Waals surface area contributed by atoms with Crippen LogP contribution < -0.4 is 5.32 Å². The fourth-order valence-electron chi connectivity index (χ4n) is 2.07. The third-order valence-electron chi connectivity index (χ3n) is 3.46. The van der Waals surface area contributed by atoms with Crippen LogP contribution in [0.3, 0.4) is 0 Å². The number of carbonyl (C=O) groups excluding carboxylic acids is 3. The van der Waals surface area contributed by atoms with E-state index in [1.165, 1.54) is 0 Å². The van der Waals surface area contributed by atoms with Gasteiger partial charge in [0.05, 0.1) is 17.7 Å². The Morgan fingerprint density at radius 1 is 0.846 bits per heavy atom. The average molecular weight is 355 g/mol. The minimum atomic E-state index is -0.561. The van der Waals surface area contributed by atoms with Crippen LogP contribution in [0.5, 0.6) is 0 Å². The highest BCUT2D eigenvalue weighted by Crippen LogP contribution is 2.11. The van der Waals surface area contributed by atoms with Crippen molar-refractivity contribution in [3.05, 3.63) is 65.2 Å². The summed E-state index contributed by atoms with van der Waals surface area (Å²) in [4.78, 5) is 35.5. The van der Waals surface area contributed by atoms with Gasteiger partial charge in [-0.2, -0.15) is 0 Å². The summed E-state index contributed by atoms with van der Waals surface area (Å²) in [6.07, 6.45) is 0.751. The molecule has 1 N–H and O–H groups in total. The first-order valence-electron chi connectivity index (χ1n) is 8.30. The molecule has 2 rings (SSSR count). The molecule has 6 heteroatoms. The maximum Gasteiger partial charge on any atom is 0.338 e. The Labute approximate surface area is 152 Å². The van der Waals surface area contributed by atoms with Crippen molar-refractivity contribution < 1.29 is 23.9 Å². The van der Waals surface area contributed by atoms with Gasteiger partial charge in [-0.15, -0.1) is 0 Å². The quantitative estimate of drug-likeness (QED) is 0.770. The summed E-state index contributed by atoms with van der Waals surface area (Å²) >= 11 is 0. The van der Waals surface area contributed by atoms with Gasteiger partial charge in [-0.1, -0.05) is 24.6 Å². The first kappa shape index (κ1) is 19.2. The molecule has 6 nitrogen and oxygen atoms in total. The van der Waals surface area contributed by atoms with E-state index in [9.17, 15) is 14.4 Å². The summed E-state index contributed by atoms with van der Waals surface area (Å²) < 4.78 is 10.0. The van der Waals surface area contributed by atoms with Crippen LogP contribution in [0.2, 0.25) is 0 Å². The van der Waals surface area contributed by atoms with Crippen molar-refractivity contribution in [2.75, 3.05) is 18.5 Å². The number of rotatable bonds is 7. The standard InChI is InChI=1S/C20H21NO5/c1-3-12-25-19(23)16-8-10-17(11-9-16)21-18(22)13-26-20(24)15-6-4-14(2)5-7-15/h4-11H,3,12-13H2,1-2H3,(H,21,22). The Balaban J connectivity index is 1.82. The van der Waals surface area contributed by atoms with Gasteiger partial charge >= 0.3 is 11.9 Å². The van der Waals surface area contributed by atoms with E-state index in [1.807, 2.05) is 13.8 Å². The molecule has 0 aliphatic heterocycles. The number of hydrogen-bond acceptors (Lipinski definition) is 5. The number of benzene rings is 2. The summed E-state index contributed by atoms with van der Waals surface area (Å²) in [5, 5.41) is 2.60. The van der Waals surface area contributed by atoms with Crippen LogP contribution in [0.4, 0.5) is 5.69 Å². The lowest BCUT2D eigenvalue weighted by molar-refractivity contribution is -0.119. The molecule has 2 aromatic rings. The van der Waals surface area contributed by atoms with E-state index in [0.717, 1.165) is 12.0 Å². The van der Waals surface area contributed by atoms with Crippen molar-refractivity contribution in [1.29, 1.82) is 0 Å². The molecule has 0 radical (unpaired) electrons. The molecule has 0 aliphatic rings. The number of esters is 2. The van der Waals surface area contributed by atoms with Gasteiger partial charge in [-0.25, -0.2) is 9.59 Å². The zero-order chi connectivity index (χ0) is 18.9. The minimum Gasteiger partial charge on any atom is -0.462 e. The average Bonchev–Trinajstić information content (AvgIpc) is 2.65. The van der Waals surface area contributed by atoms with Gasteiger partial charge in [-0.05, 0) is 49.7 Å². The second-order valence-corrected chi connectivity index (χ2v) is 5.70. The Kier molecular flexibility index (Phi) is 6.91. The number of anilines is 1. The summed E-state index contributed by atoms with van der Waals surface area (Å²) in [6.45, 7) is 3.80. The summed E-state index contributed by atoms with van der Waals surface area (Å²) in [5.41, 5.74) is 2.32.